The summed E-state index contributed by atoms with van der Waals surface area (Å²) in [4.78, 5) is 37.6. The van der Waals surface area contributed by atoms with Gasteiger partial charge in [-0.2, -0.15) is 0 Å². The Morgan fingerprint density at radius 3 is 2.09 bits per heavy atom. The average Bonchev–Trinajstić information content (AvgIpc) is 2.82. The Balaban J connectivity index is 1.77. The van der Waals surface area contributed by atoms with Gasteiger partial charge in [-0.25, -0.2) is 0 Å². The summed E-state index contributed by atoms with van der Waals surface area (Å²) in [5.74, 6) is -1.32. The second-order valence-corrected chi connectivity index (χ2v) is 8.19. The van der Waals surface area contributed by atoms with Crippen LogP contribution >= 0.6 is 0 Å². The maximum atomic E-state index is 13.0. The number of ether oxygens (including phenoxy) is 1. The smallest absolute Gasteiger partial charge is 0.325 e. The van der Waals surface area contributed by atoms with Crippen LogP contribution in [0.15, 0.2) is 72.8 Å². The van der Waals surface area contributed by atoms with Crippen LogP contribution in [-0.2, 0) is 20.7 Å². The Hall–Kier alpha value is -3.93. The topological polar surface area (TPSA) is 84.5 Å². The molecule has 0 bridgehead atoms. The van der Waals surface area contributed by atoms with Crippen molar-refractivity contribution in [1.82, 2.24) is 10.6 Å². The van der Waals surface area contributed by atoms with Crippen LogP contribution in [0.25, 0.3) is 11.1 Å². The number of esters is 1. The second-order valence-electron chi connectivity index (χ2n) is 8.19. The SMILES string of the molecule is CCOC(=O)CNC(=O)C(Cc1ccc(-c2ccccc2)cc1)NC(=O)c1cc(C)cc(C)c1. The normalized spacial score (nSPS) is 11.4. The van der Waals surface area contributed by atoms with Crippen molar-refractivity contribution in [3.8, 4) is 11.1 Å². The molecule has 0 aliphatic rings. The first-order valence-electron chi connectivity index (χ1n) is 11.3. The molecule has 0 spiro atoms. The molecule has 0 saturated carbocycles. The lowest BCUT2D eigenvalue weighted by atomic mass is 10.00. The number of benzene rings is 3. The van der Waals surface area contributed by atoms with Gasteiger partial charge in [-0.15, -0.1) is 0 Å². The van der Waals surface area contributed by atoms with Crippen molar-refractivity contribution in [2.75, 3.05) is 13.2 Å². The number of hydrogen-bond donors (Lipinski definition) is 2. The summed E-state index contributed by atoms with van der Waals surface area (Å²) in [5, 5.41) is 5.41. The molecule has 1 unspecified atom stereocenters. The lowest BCUT2D eigenvalue weighted by Crippen LogP contribution is -2.49. The number of nitrogens with one attached hydrogen (secondary N) is 2. The van der Waals surface area contributed by atoms with Crippen LogP contribution in [-0.4, -0.2) is 37.0 Å². The molecule has 3 rings (SSSR count). The summed E-state index contributed by atoms with van der Waals surface area (Å²) in [6.45, 7) is 5.51. The van der Waals surface area contributed by atoms with Gasteiger partial charge in [-0.1, -0.05) is 71.8 Å². The van der Waals surface area contributed by atoms with Crippen molar-refractivity contribution < 1.29 is 19.1 Å². The standard InChI is InChI=1S/C28H30N2O4/c1-4-34-26(31)18-29-28(33)25(30-27(32)24-15-19(2)14-20(3)16-24)17-21-10-12-23(13-11-21)22-8-6-5-7-9-22/h5-16,25H,4,17-18H2,1-3H3,(H,29,33)(H,30,32). The highest BCUT2D eigenvalue weighted by atomic mass is 16.5. The van der Waals surface area contributed by atoms with Gasteiger partial charge in [0, 0.05) is 12.0 Å². The third-order valence-electron chi connectivity index (χ3n) is 5.32. The molecule has 0 fully saturated rings. The maximum Gasteiger partial charge on any atom is 0.325 e. The minimum atomic E-state index is -0.856. The molecule has 3 aromatic carbocycles. The predicted molar refractivity (Wildman–Crippen MR) is 132 cm³/mol. The highest BCUT2D eigenvalue weighted by Crippen LogP contribution is 2.20. The van der Waals surface area contributed by atoms with E-state index in [-0.39, 0.29) is 25.5 Å². The molecule has 0 aliphatic heterocycles. The van der Waals surface area contributed by atoms with E-state index in [0.717, 1.165) is 27.8 Å². The number of aryl methyl sites for hydroxylation is 2. The van der Waals surface area contributed by atoms with Crippen molar-refractivity contribution in [3.63, 3.8) is 0 Å². The molecule has 0 saturated heterocycles. The Kier molecular flexibility index (Phi) is 8.57. The molecular weight excluding hydrogens is 428 g/mol. The number of carbonyl (C=O) groups is 3. The summed E-state index contributed by atoms with van der Waals surface area (Å²) < 4.78 is 4.88. The molecule has 0 aromatic heterocycles. The van der Waals surface area contributed by atoms with Gasteiger partial charge in [0.05, 0.1) is 6.61 Å². The monoisotopic (exact) mass is 458 g/mol. The Morgan fingerprint density at radius 1 is 0.853 bits per heavy atom. The maximum absolute atomic E-state index is 13.0. The van der Waals surface area contributed by atoms with E-state index in [1.807, 2.05) is 74.5 Å². The van der Waals surface area contributed by atoms with Gasteiger partial charge < -0.3 is 15.4 Å². The minimum absolute atomic E-state index is 0.231. The molecule has 0 radical (unpaired) electrons. The first-order valence-corrected chi connectivity index (χ1v) is 11.3. The van der Waals surface area contributed by atoms with E-state index in [4.69, 9.17) is 4.74 Å². The molecule has 1 atom stereocenters. The highest BCUT2D eigenvalue weighted by molar-refractivity contribution is 5.98. The third-order valence-corrected chi connectivity index (χ3v) is 5.32. The molecule has 176 valence electrons. The van der Waals surface area contributed by atoms with Crippen molar-refractivity contribution >= 4 is 17.8 Å². The quantitative estimate of drug-likeness (QED) is 0.475. The second kappa shape index (κ2) is 11.8. The molecule has 34 heavy (non-hydrogen) atoms. The fourth-order valence-electron chi connectivity index (χ4n) is 3.75. The van der Waals surface area contributed by atoms with Gasteiger partial charge >= 0.3 is 5.97 Å². The molecule has 2 N–H and O–H groups in total. The molecular formula is C28H30N2O4. The average molecular weight is 459 g/mol. The van der Waals surface area contributed by atoms with E-state index in [0.29, 0.717) is 5.56 Å². The lowest BCUT2D eigenvalue weighted by molar-refractivity contribution is -0.143. The summed E-state index contributed by atoms with van der Waals surface area (Å²) in [5.41, 5.74) is 5.46. The van der Waals surface area contributed by atoms with Crippen LogP contribution < -0.4 is 10.6 Å². The molecule has 6 nitrogen and oxygen atoms in total. The Bertz CT molecular complexity index is 1120. The Labute approximate surface area is 200 Å². The zero-order valence-electron chi connectivity index (χ0n) is 19.8. The van der Waals surface area contributed by atoms with Gasteiger partial charge in [-0.05, 0) is 49.6 Å². The fraction of sp³-hybridized carbons (Fsp3) is 0.250. The van der Waals surface area contributed by atoms with Gasteiger partial charge in [0.15, 0.2) is 0 Å². The largest absolute Gasteiger partial charge is 0.465 e. The van der Waals surface area contributed by atoms with E-state index in [2.05, 4.69) is 10.6 Å². The third kappa shape index (κ3) is 7.04. The number of carbonyl (C=O) groups excluding carboxylic acids is 3. The number of rotatable bonds is 9. The summed E-state index contributed by atoms with van der Waals surface area (Å²) in [6.07, 6.45) is 0.278. The van der Waals surface area contributed by atoms with Crippen molar-refractivity contribution in [1.29, 1.82) is 0 Å². The van der Waals surface area contributed by atoms with Crippen LogP contribution in [0.1, 0.15) is 34.0 Å². The van der Waals surface area contributed by atoms with Crippen molar-refractivity contribution in [2.24, 2.45) is 0 Å². The van der Waals surface area contributed by atoms with E-state index in [1.54, 1.807) is 19.1 Å². The highest BCUT2D eigenvalue weighted by Gasteiger charge is 2.23. The van der Waals surface area contributed by atoms with Gasteiger partial charge in [0.1, 0.15) is 12.6 Å². The zero-order chi connectivity index (χ0) is 24.5. The van der Waals surface area contributed by atoms with Gasteiger partial charge in [0.25, 0.3) is 5.91 Å². The van der Waals surface area contributed by atoms with Crippen LogP contribution in [0.4, 0.5) is 0 Å². The first-order chi connectivity index (χ1) is 16.4. The summed E-state index contributed by atoms with van der Waals surface area (Å²) in [7, 11) is 0. The van der Waals surface area contributed by atoms with E-state index < -0.39 is 17.9 Å². The minimum Gasteiger partial charge on any atom is -0.465 e. The lowest BCUT2D eigenvalue weighted by Gasteiger charge is -2.19. The van der Waals surface area contributed by atoms with Crippen molar-refractivity contribution in [3.05, 3.63) is 95.1 Å². The van der Waals surface area contributed by atoms with E-state index in [1.165, 1.54) is 0 Å². The molecule has 0 heterocycles. The van der Waals surface area contributed by atoms with Crippen LogP contribution in [0.5, 0.6) is 0 Å². The van der Waals surface area contributed by atoms with Crippen molar-refractivity contribution in [2.45, 2.75) is 33.2 Å². The molecule has 0 aliphatic carbocycles. The first kappa shape index (κ1) is 24.7. The van der Waals surface area contributed by atoms with Gasteiger partial charge in [0.2, 0.25) is 5.91 Å². The fourth-order valence-corrected chi connectivity index (χ4v) is 3.75. The molecule has 6 heteroatoms. The predicted octanol–water partition coefficient (Wildman–Crippen LogP) is 3.99. The Morgan fingerprint density at radius 2 is 1.47 bits per heavy atom. The van der Waals surface area contributed by atoms with Crippen LogP contribution in [0.3, 0.4) is 0 Å². The van der Waals surface area contributed by atoms with E-state index in [9.17, 15) is 14.4 Å². The summed E-state index contributed by atoms with van der Waals surface area (Å²) >= 11 is 0. The van der Waals surface area contributed by atoms with Crippen LogP contribution in [0, 0.1) is 13.8 Å². The van der Waals surface area contributed by atoms with Gasteiger partial charge in [-0.3, -0.25) is 14.4 Å². The molecule has 3 aromatic rings. The number of hydrogen-bond acceptors (Lipinski definition) is 4. The summed E-state index contributed by atoms with van der Waals surface area (Å²) in [6, 6.07) is 22.5. The van der Waals surface area contributed by atoms with E-state index >= 15 is 0 Å². The zero-order valence-corrected chi connectivity index (χ0v) is 19.8. The number of amides is 2. The van der Waals surface area contributed by atoms with Crippen LogP contribution in [0.2, 0.25) is 0 Å². The molecule has 2 amide bonds.